The molecule has 2 nitrogen and oxygen atoms in total. The second kappa shape index (κ2) is 1.12. The lowest BCUT2D eigenvalue weighted by molar-refractivity contribution is 1.15. The highest BCUT2D eigenvalue weighted by Crippen LogP contribution is 1.54. The van der Waals surface area contributed by atoms with Crippen LogP contribution in [0.3, 0.4) is 0 Å². The van der Waals surface area contributed by atoms with E-state index in [1.165, 1.54) is 0 Å². The molecule has 26 valence electrons. The van der Waals surface area contributed by atoms with E-state index in [-0.39, 0.29) is 0 Å². The first-order valence-electron chi connectivity index (χ1n) is 1.44. The summed E-state index contributed by atoms with van der Waals surface area (Å²) in [4.78, 5) is 0. The van der Waals surface area contributed by atoms with Gasteiger partial charge in [-0.15, -0.1) is 0 Å². The van der Waals surface area contributed by atoms with Gasteiger partial charge < -0.3 is 4.75 Å². The zero-order valence-corrected chi connectivity index (χ0v) is 3.83. The maximum Gasteiger partial charge on any atom is 0.133 e. The highest BCUT2D eigenvalue weighted by Gasteiger charge is 1.57. The molecule has 0 saturated heterocycles. The van der Waals surface area contributed by atoms with Gasteiger partial charge in [-0.25, -0.2) is 0 Å². The molecule has 0 fully saturated rings. The monoisotopic (exact) mass is 84.0 g/mol. The Balaban J connectivity index is 3.13. The van der Waals surface area contributed by atoms with Crippen LogP contribution in [0.5, 0.6) is 0 Å². The van der Waals surface area contributed by atoms with Gasteiger partial charge in [-0.3, -0.25) is 0 Å². The van der Waals surface area contributed by atoms with Crippen molar-refractivity contribution in [1.29, 1.82) is 0 Å². The van der Waals surface area contributed by atoms with Gasteiger partial charge in [-0.05, 0) is 5.68 Å². The molecule has 0 amide bonds. The molecule has 0 saturated carbocycles. The summed E-state index contributed by atoms with van der Waals surface area (Å²) in [6, 6.07) is 0. The van der Waals surface area contributed by atoms with E-state index in [4.69, 9.17) is 0 Å². The van der Waals surface area contributed by atoms with E-state index < -0.39 is 0 Å². The lowest BCUT2D eigenvalue weighted by Crippen LogP contribution is -1.63. The van der Waals surface area contributed by atoms with Gasteiger partial charge in [0.05, 0.1) is 0 Å². The summed E-state index contributed by atoms with van der Waals surface area (Å²) < 4.78 is 2.82. The molecule has 1 N–H and O–H groups in total. The van der Waals surface area contributed by atoms with E-state index in [1.807, 2.05) is 5.68 Å². The molecular formula is C2H4N2Si. The quantitative estimate of drug-likeness (QED) is 0.421. The van der Waals surface area contributed by atoms with E-state index in [1.54, 1.807) is 6.20 Å². The summed E-state index contributed by atoms with van der Waals surface area (Å²) >= 11 is 0. The van der Waals surface area contributed by atoms with Crippen molar-refractivity contribution in [3.8, 4) is 0 Å². The van der Waals surface area contributed by atoms with Crippen LogP contribution in [0.2, 0.25) is 0 Å². The lowest BCUT2D eigenvalue weighted by atomic mass is 11.0. The van der Waals surface area contributed by atoms with Crippen molar-refractivity contribution >= 4 is 9.29 Å². The molecule has 0 unspecified atom stereocenters. The molecule has 0 aromatic carbocycles. The minimum Gasteiger partial charge on any atom is -0.320 e. The Morgan fingerprint density at radius 2 is 2.80 bits per heavy atom. The van der Waals surface area contributed by atoms with Crippen molar-refractivity contribution in [2.75, 3.05) is 0 Å². The van der Waals surface area contributed by atoms with E-state index >= 15 is 0 Å². The van der Waals surface area contributed by atoms with Gasteiger partial charge in [-0.2, -0.15) is 5.10 Å². The van der Waals surface area contributed by atoms with E-state index in [0.29, 0.717) is 9.29 Å². The van der Waals surface area contributed by atoms with Crippen LogP contribution in [0, 0.1) is 0 Å². The first-order valence-corrected chi connectivity index (χ1v) is 2.68. The van der Waals surface area contributed by atoms with Crippen molar-refractivity contribution in [2.45, 2.75) is 0 Å². The topological polar surface area (TPSA) is 28.7 Å². The smallest absolute Gasteiger partial charge is 0.133 e. The Bertz CT molecular complexity index is 64.1. The number of H-pyrrole nitrogens is 1. The van der Waals surface area contributed by atoms with E-state index in [2.05, 4.69) is 9.85 Å². The van der Waals surface area contributed by atoms with Crippen LogP contribution in [0.25, 0.3) is 0 Å². The second-order valence-electron chi connectivity index (χ2n) is 0.766. The number of rotatable bonds is 0. The fourth-order valence-electron chi connectivity index (χ4n) is 0.215. The van der Waals surface area contributed by atoms with Crippen LogP contribution in [0.4, 0.5) is 0 Å². The zero-order chi connectivity index (χ0) is 3.54. The third-order valence-electron chi connectivity index (χ3n) is 0.406. The summed E-state index contributed by atoms with van der Waals surface area (Å²) in [5.41, 5.74) is 2.04. The zero-order valence-electron chi connectivity index (χ0n) is 2.68. The van der Waals surface area contributed by atoms with Crippen molar-refractivity contribution in [3.63, 3.8) is 0 Å². The molecule has 3 heteroatoms. The van der Waals surface area contributed by atoms with Gasteiger partial charge in [0.2, 0.25) is 0 Å². The number of hydrogen-bond acceptors (Lipinski definition) is 1. The Kier molecular flexibility index (Phi) is 0.622. The first kappa shape index (κ1) is 2.78. The predicted molar refractivity (Wildman–Crippen MR) is 21.3 cm³/mol. The predicted octanol–water partition coefficient (Wildman–Crippen LogP) is -0.520. The SMILES string of the molecule is c1c[siH][nH]n1. The molecule has 0 atom stereocenters. The number of hydrogen-bond donors (Lipinski definition) is 1. The molecule has 1 aromatic rings. The van der Waals surface area contributed by atoms with Crippen LogP contribution in [0.15, 0.2) is 11.9 Å². The lowest BCUT2D eigenvalue weighted by Gasteiger charge is -1.50. The number of nitrogens with zero attached hydrogens (tertiary/aromatic N) is 1. The molecular weight excluding hydrogens is 80.1 g/mol. The van der Waals surface area contributed by atoms with Gasteiger partial charge in [-0.1, -0.05) is 0 Å². The maximum atomic E-state index is 3.69. The molecule has 0 aliphatic rings. The summed E-state index contributed by atoms with van der Waals surface area (Å²) in [5, 5.41) is 3.69. The van der Waals surface area contributed by atoms with Gasteiger partial charge in [0.25, 0.3) is 0 Å². The molecule has 0 aliphatic carbocycles. The number of nitrogens with one attached hydrogen (secondary N) is 1. The van der Waals surface area contributed by atoms with Crippen molar-refractivity contribution < 1.29 is 0 Å². The molecule has 1 heterocycles. The van der Waals surface area contributed by atoms with Crippen LogP contribution in [-0.4, -0.2) is 19.1 Å². The van der Waals surface area contributed by atoms with Gasteiger partial charge in [0, 0.05) is 6.20 Å². The fraction of sp³-hybridized carbons (Fsp3) is 0. The Labute approximate surface area is 32.1 Å². The molecule has 0 spiro atoms. The van der Waals surface area contributed by atoms with E-state index in [0.717, 1.165) is 0 Å². The highest BCUT2D eigenvalue weighted by atomic mass is 28.2. The molecule has 1 aromatic heterocycles. The molecule has 0 aliphatic heterocycles. The standard InChI is InChI=1S/C2H4N2Si/c1-2-5-4-3-1/h1-2,4-5H. The van der Waals surface area contributed by atoms with Crippen molar-refractivity contribution in [3.05, 3.63) is 11.9 Å². The third-order valence-corrected chi connectivity index (χ3v) is 1.07. The first-order chi connectivity index (χ1) is 2.50. The van der Waals surface area contributed by atoms with Crippen LogP contribution < -0.4 is 0 Å². The Hall–Kier alpha value is -0.443. The minimum absolute atomic E-state index is 0.329. The van der Waals surface area contributed by atoms with Crippen molar-refractivity contribution in [1.82, 2.24) is 9.85 Å². The van der Waals surface area contributed by atoms with Gasteiger partial charge in [0.1, 0.15) is 9.29 Å². The largest absolute Gasteiger partial charge is 0.320 e. The Morgan fingerprint density at radius 1 is 1.80 bits per heavy atom. The fourth-order valence-corrected chi connectivity index (χ4v) is 0.645. The average molecular weight is 84.2 g/mol. The van der Waals surface area contributed by atoms with E-state index in [9.17, 15) is 0 Å². The van der Waals surface area contributed by atoms with Gasteiger partial charge >= 0.3 is 0 Å². The summed E-state index contributed by atoms with van der Waals surface area (Å²) in [6.07, 6.45) is 1.79. The van der Waals surface area contributed by atoms with Gasteiger partial charge in [0.15, 0.2) is 0 Å². The Morgan fingerprint density at radius 3 is 3.00 bits per heavy atom. The normalized spacial score (nSPS) is 8.00. The molecule has 0 radical (unpaired) electrons. The van der Waals surface area contributed by atoms with Crippen molar-refractivity contribution in [2.24, 2.45) is 0 Å². The maximum absolute atomic E-state index is 3.69. The highest BCUT2D eigenvalue weighted by molar-refractivity contribution is 6.19. The summed E-state index contributed by atoms with van der Waals surface area (Å²) in [6.45, 7) is 0. The minimum atomic E-state index is 0.329. The molecule has 0 bridgehead atoms. The number of aromatic nitrogens is 2. The molecule has 5 heavy (non-hydrogen) atoms. The summed E-state index contributed by atoms with van der Waals surface area (Å²) in [7, 11) is 0.329. The average Bonchev–Trinajstić information content (AvgIpc) is 1.76. The molecule has 1 rings (SSSR count). The number of aromatic amines is 1. The van der Waals surface area contributed by atoms with Crippen LogP contribution in [-0.2, 0) is 0 Å². The van der Waals surface area contributed by atoms with Crippen LogP contribution >= 0.6 is 0 Å². The van der Waals surface area contributed by atoms with Crippen LogP contribution in [0.1, 0.15) is 0 Å². The summed E-state index contributed by atoms with van der Waals surface area (Å²) in [5.74, 6) is 0. The second-order valence-corrected chi connectivity index (χ2v) is 1.74. The third kappa shape index (κ3) is 0.415.